The highest BCUT2D eigenvalue weighted by molar-refractivity contribution is 5.80. The highest BCUT2D eigenvalue weighted by Gasteiger charge is 2.39. The maximum atomic E-state index is 12.7. The fourth-order valence-electron chi connectivity index (χ4n) is 4.08. The van der Waals surface area contributed by atoms with Crippen LogP contribution in [0.4, 0.5) is 0 Å². The number of fused-ring (bicyclic) bond motifs is 1. The van der Waals surface area contributed by atoms with Crippen molar-refractivity contribution in [1.29, 1.82) is 0 Å². The molecule has 5 rings (SSSR count). The topological polar surface area (TPSA) is 72.1 Å². The zero-order chi connectivity index (χ0) is 17.5. The minimum Gasteiger partial charge on any atom is -0.335 e. The Bertz CT molecular complexity index is 953. The molecule has 1 aliphatic heterocycles. The highest BCUT2D eigenvalue weighted by atomic mass is 16.5. The Labute approximate surface area is 150 Å². The van der Waals surface area contributed by atoms with Gasteiger partial charge in [-0.05, 0) is 36.1 Å². The quantitative estimate of drug-likeness (QED) is 0.728. The monoisotopic (exact) mass is 346 g/mol. The number of hydrogen-bond donors (Lipinski definition) is 0. The third-order valence-corrected chi connectivity index (χ3v) is 5.37. The molecule has 130 valence electrons. The Balaban J connectivity index is 1.37. The summed E-state index contributed by atoms with van der Waals surface area (Å²) in [5.74, 6) is 1.24. The van der Waals surface area contributed by atoms with Gasteiger partial charge in [-0.1, -0.05) is 29.4 Å². The maximum Gasteiger partial charge on any atom is 0.258 e. The normalized spacial score (nSPS) is 22.0. The molecule has 0 bridgehead atoms. The predicted octanol–water partition coefficient (Wildman–Crippen LogP) is 3.14. The number of rotatable bonds is 3. The SMILES string of the molecule is O=C1C[C@@H](c2noc(-c3ccncc3)n2)CN1[C@@H]1CCc2ccccc21. The summed E-state index contributed by atoms with van der Waals surface area (Å²) in [6.45, 7) is 0.646. The fraction of sp³-hybridized carbons (Fsp3) is 0.300. The van der Waals surface area contributed by atoms with E-state index in [1.165, 1.54) is 11.1 Å². The summed E-state index contributed by atoms with van der Waals surface area (Å²) in [5, 5.41) is 4.13. The molecule has 2 atom stereocenters. The first-order valence-electron chi connectivity index (χ1n) is 8.91. The van der Waals surface area contributed by atoms with E-state index < -0.39 is 0 Å². The van der Waals surface area contributed by atoms with Crippen LogP contribution < -0.4 is 0 Å². The Hall–Kier alpha value is -3.02. The van der Waals surface area contributed by atoms with Gasteiger partial charge in [-0.2, -0.15) is 4.98 Å². The number of likely N-dealkylation sites (tertiary alicyclic amines) is 1. The average molecular weight is 346 g/mol. The molecule has 0 N–H and O–H groups in total. The molecule has 6 nitrogen and oxygen atoms in total. The largest absolute Gasteiger partial charge is 0.335 e. The molecule has 2 aromatic heterocycles. The van der Waals surface area contributed by atoms with Crippen molar-refractivity contribution in [1.82, 2.24) is 20.0 Å². The van der Waals surface area contributed by atoms with Crippen LogP contribution in [0, 0.1) is 0 Å². The van der Waals surface area contributed by atoms with Gasteiger partial charge in [-0.3, -0.25) is 9.78 Å². The van der Waals surface area contributed by atoms with Crippen molar-refractivity contribution in [3.05, 3.63) is 65.7 Å². The minimum absolute atomic E-state index is 0.0189. The summed E-state index contributed by atoms with van der Waals surface area (Å²) in [6, 6.07) is 12.3. The van der Waals surface area contributed by atoms with Gasteiger partial charge >= 0.3 is 0 Å². The molecule has 26 heavy (non-hydrogen) atoms. The van der Waals surface area contributed by atoms with Gasteiger partial charge in [0.2, 0.25) is 5.91 Å². The number of nitrogens with zero attached hydrogens (tertiary/aromatic N) is 4. The number of carbonyl (C=O) groups excluding carboxylic acids is 1. The number of aromatic nitrogens is 3. The molecule has 0 unspecified atom stereocenters. The van der Waals surface area contributed by atoms with Crippen molar-refractivity contribution in [2.75, 3.05) is 6.54 Å². The van der Waals surface area contributed by atoms with Crippen molar-refractivity contribution >= 4 is 5.91 Å². The lowest BCUT2D eigenvalue weighted by Crippen LogP contribution is -2.28. The number of carbonyl (C=O) groups is 1. The van der Waals surface area contributed by atoms with E-state index in [4.69, 9.17) is 4.52 Å². The number of amides is 1. The van der Waals surface area contributed by atoms with E-state index in [1.807, 2.05) is 17.0 Å². The highest BCUT2D eigenvalue weighted by Crippen LogP contribution is 2.40. The molecule has 0 radical (unpaired) electrons. The molecule has 0 spiro atoms. The first kappa shape index (κ1) is 15.3. The number of pyridine rings is 1. The first-order chi connectivity index (χ1) is 12.8. The van der Waals surface area contributed by atoms with Gasteiger partial charge in [-0.25, -0.2) is 0 Å². The third-order valence-electron chi connectivity index (χ3n) is 5.37. The molecule has 3 aromatic rings. The molecule has 1 aromatic carbocycles. The summed E-state index contributed by atoms with van der Waals surface area (Å²) in [4.78, 5) is 23.2. The average Bonchev–Trinajstić information content (AvgIpc) is 3.40. The second-order valence-corrected chi connectivity index (χ2v) is 6.89. The van der Waals surface area contributed by atoms with Gasteiger partial charge in [0, 0.05) is 36.8 Å². The number of aryl methyl sites for hydroxylation is 1. The van der Waals surface area contributed by atoms with Crippen LogP contribution in [-0.4, -0.2) is 32.5 Å². The van der Waals surface area contributed by atoms with Crippen molar-refractivity contribution in [2.45, 2.75) is 31.2 Å². The third kappa shape index (κ3) is 2.49. The summed E-state index contributed by atoms with van der Waals surface area (Å²) >= 11 is 0. The minimum atomic E-state index is -0.0189. The second kappa shape index (κ2) is 6.05. The van der Waals surface area contributed by atoms with Crippen molar-refractivity contribution < 1.29 is 9.32 Å². The summed E-state index contributed by atoms with van der Waals surface area (Å²) in [7, 11) is 0. The van der Waals surface area contributed by atoms with E-state index >= 15 is 0 Å². The van der Waals surface area contributed by atoms with Crippen LogP contribution in [0.15, 0.2) is 53.3 Å². The standard InChI is InChI=1S/C20H18N4O2/c25-18-11-15(19-22-20(26-23-19)14-7-9-21-10-8-14)12-24(18)17-6-5-13-3-1-2-4-16(13)17/h1-4,7-10,15,17H,5-6,11-12H2/t15-,17-/m1/s1. The molecule has 0 saturated carbocycles. The van der Waals surface area contributed by atoms with E-state index in [9.17, 15) is 4.79 Å². The van der Waals surface area contributed by atoms with E-state index in [0.29, 0.717) is 24.7 Å². The van der Waals surface area contributed by atoms with Gasteiger partial charge in [0.15, 0.2) is 5.82 Å². The molecule has 1 amide bonds. The van der Waals surface area contributed by atoms with Crippen LogP contribution in [0.1, 0.15) is 41.8 Å². The molecular formula is C20H18N4O2. The summed E-state index contributed by atoms with van der Waals surface area (Å²) in [5.41, 5.74) is 3.48. The Morgan fingerprint density at radius 2 is 1.96 bits per heavy atom. The number of benzene rings is 1. The van der Waals surface area contributed by atoms with E-state index in [1.54, 1.807) is 12.4 Å². The Kier molecular flexibility index (Phi) is 3.55. The number of hydrogen-bond acceptors (Lipinski definition) is 5. The van der Waals surface area contributed by atoms with Gasteiger partial charge in [-0.15, -0.1) is 0 Å². The van der Waals surface area contributed by atoms with Crippen LogP contribution in [0.2, 0.25) is 0 Å². The van der Waals surface area contributed by atoms with Crippen LogP contribution >= 0.6 is 0 Å². The molecule has 1 aliphatic carbocycles. The molecule has 3 heterocycles. The van der Waals surface area contributed by atoms with Gasteiger partial charge in [0.1, 0.15) is 0 Å². The van der Waals surface area contributed by atoms with Crippen LogP contribution in [-0.2, 0) is 11.2 Å². The van der Waals surface area contributed by atoms with Crippen LogP contribution in [0.3, 0.4) is 0 Å². The Morgan fingerprint density at radius 3 is 2.85 bits per heavy atom. The van der Waals surface area contributed by atoms with Crippen molar-refractivity contribution in [3.63, 3.8) is 0 Å². The van der Waals surface area contributed by atoms with Crippen molar-refractivity contribution in [2.24, 2.45) is 0 Å². The van der Waals surface area contributed by atoms with E-state index in [0.717, 1.165) is 18.4 Å². The zero-order valence-corrected chi connectivity index (χ0v) is 14.2. The first-order valence-corrected chi connectivity index (χ1v) is 8.91. The summed E-state index contributed by atoms with van der Waals surface area (Å²) < 4.78 is 5.40. The molecular weight excluding hydrogens is 328 g/mol. The lowest BCUT2D eigenvalue weighted by atomic mass is 10.1. The lowest BCUT2D eigenvalue weighted by molar-refractivity contribution is -0.129. The van der Waals surface area contributed by atoms with Crippen molar-refractivity contribution in [3.8, 4) is 11.5 Å². The second-order valence-electron chi connectivity index (χ2n) is 6.89. The molecule has 6 heteroatoms. The molecule has 2 aliphatic rings. The fourth-order valence-corrected chi connectivity index (χ4v) is 4.08. The smallest absolute Gasteiger partial charge is 0.258 e. The Morgan fingerprint density at radius 1 is 1.12 bits per heavy atom. The van der Waals surface area contributed by atoms with Gasteiger partial charge < -0.3 is 9.42 Å². The van der Waals surface area contributed by atoms with Crippen LogP contribution in [0.25, 0.3) is 11.5 Å². The predicted molar refractivity (Wildman–Crippen MR) is 94.1 cm³/mol. The van der Waals surface area contributed by atoms with Gasteiger partial charge in [0.05, 0.1) is 6.04 Å². The van der Waals surface area contributed by atoms with E-state index in [2.05, 4.69) is 39.4 Å². The lowest BCUT2D eigenvalue weighted by Gasteiger charge is -2.25. The molecule has 1 fully saturated rings. The summed E-state index contributed by atoms with van der Waals surface area (Å²) in [6.07, 6.45) is 5.85. The molecule has 1 saturated heterocycles. The van der Waals surface area contributed by atoms with Gasteiger partial charge in [0.25, 0.3) is 5.89 Å². The maximum absolute atomic E-state index is 12.7. The van der Waals surface area contributed by atoms with E-state index in [-0.39, 0.29) is 17.9 Å². The van der Waals surface area contributed by atoms with Crippen LogP contribution in [0.5, 0.6) is 0 Å². The zero-order valence-electron chi connectivity index (χ0n) is 14.2.